The summed E-state index contributed by atoms with van der Waals surface area (Å²) < 4.78 is 5.04. The van der Waals surface area contributed by atoms with Crippen molar-refractivity contribution < 1.29 is 18.9 Å². The zero-order valence-electron chi connectivity index (χ0n) is 16.1. The second-order valence-corrected chi connectivity index (χ2v) is 7.38. The first-order chi connectivity index (χ1) is 13.0. The molecule has 0 N–H and O–H groups in total. The van der Waals surface area contributed by atoms with Crippen molar-refractivity contribution in [2.24, 2.45) is 5.92 Å². The third kappa shape index (κ3) is 4.48. The van der Waals surface area contributed by atoms with Gasteiger partial charge in [-0.05, 0) is 26.2 Å². The number of likely N-dealkylation sites (tertiary alicyclic amines) is 1. The lowest BCUT2D eigenvalue weighted by Crippen LogP contribution is -2.54. The van der Waals surface area contributed by atoms with Crippen molar-refractivity contribution in [2.45, 2.75) is 39.5 Å². The van der Waals surface area contributed by atoms with E-state index in [0.29, 0.717) is 44.8 Å². The Labute approximate surface area is 159 Å². The minimum Gasteiger partial charge on any atom is -0.351 e. The molecular formula is C19H28N4O4. The van der Waals surface area contributed by atoms with Crippen LogP contribution in [0.4, 0.5) is 0 Å². The number of aromatic nitrogens is 1. The van der Waals surface area contributed by atoms with Gasteiger partial charge in [0.1, 0.15) is 0 Å². The van der Waals surface area contributed by atoms with Gasteiger partial charge in [-0.1, -0.05) is 12.1 Å². The van der Waals surface area contributed by atoms with E-state index in [1.165, 1.54) is 0 Å². The van der Waals surface area contributed by atoms with Crippen LogP contribution in [0.2, 0.25) is 0 Å². The van der Waals surface area contributed by atoms with Crippen LogP contribution in [0.15, 0.2) is 10.6 Å². The molecule has 3 rings (SSSR count). The van der Waals surface area contributed by atoms with Crippen LogP contribution in [-0.2, 0) is 9.59 Å². The van der Waals surface area contributed by atoms with Crippen LogP contribution in [0.1, 0.15) is 48.9 Å². The van der Waals surface area contributed by atoms with Crippen LogP contribution in [0.25, 0.3) is 0 Å². The van der Waals surface area contributed by atoms with E-state index in [-0.39, 0.29) is 29.4 Å². The third-order valence-corrected chi connectivity index (χ3v) is 5.30. The Bertz CT molecular complexity index is 694. The van der Waals surface area contributed by atoms with E-state index >= 15 is 0 Å². The van der Waals surface area contributed by atoms with Crippen LogP contribution in [0.3, 0.4) is 0 Å². The molecule has 0 bridgehead atoms. The second kappa shape index (κ2) is 8.54. The lowest BCUT2D eigenvalue weighted by molar-refractivity contribution is -0.142. The van der Waals surface area contributed by atoms with Gasteiger partial charge in [-0.3, -0.25) is 14.4 Å². The standard InChI is InChI=1S/C19H28N4O4/c1-3-5-17(24)23-7-4-6-15(13-23)18(25)21-8-10-22(11-9-21)19(26)16-12-14(2)20-27-16/h12,15H,3-11,13H2,1-2H3. The number of nitrogens with zero attached hydrogens (tertiary/aromatic N) is 4. The number of hydrogen-bond donors (Lipinski definition) is 0. The molecule has 8 heteroatoms. The average molecular weight is 376 g/mol. The SMILES string of the molecule is CCCC(=O)N1CCCC(C(=O)N2CCN(C(=O)c3cc(C)no3)CC2)C1. The summed E-state index contributed by atoms with van der Waals surface area (Å²) in [6.45, 7) is 7.02. The Morgan fingerprint density at radius 1 is 1.11 bits per heavy atom. The Morgan fingerprint density at radius 3 is 2.44 bits per heavy atom. The number of hydrogen-bond acceptors (Lipinski definition) is 5. The lowest BCUT2D eigenvalue weighted by Gasteiger charge is -2.38. The van der Waals surface area contributed by atoms with Crippen LogP contribution in [0.5, 0.6) is 0 Å². The Morgan fingerprint density at radius 2 is 1.81 bits per heavy atom. The number of piperazine rings is 1. The van der Waals surface area contributed by atoms with E-state index in [4.69, 9.17) is 4.52 Å². The number of piperidine rings is 1. The molecule has 27 heavy (non-hydrogen) atoms. The minimum atomic E-state index is -0.184. The largest absolute Gasteiger partial charge is 0.351 e. The fraction of sp³-hybridized carbons (Fsp3) is 0.684. The number of carbonyl (C=O) groups excluding carboxylic acids is 3. The molecule has 0 radical (unpaired) electrons. The van der Waals surface area contributed by atoms with Crippen molar-refractivity contribution in [1.82, 2.24) is 19.9 Å². The van der Waals surface area contributed by atoms with E-state index in [2.05, 4.69) is 5.16 Å². The molecule has 1 unspecified atom stereocenters. The monoisotopic (exact) mass is 376 g/mol. The van der Waals surface area contributed by atoms with Crippen LogP contribution >= 0.6 is 0 Å². The molecule has 3 amide bonds. The van der Waals surface area contributed by atoms with E-state index in [1.54, 1.807) is 17.9 Å². The quantitative estimate of drug-likeness (QED) is 0.791. The summed E-state index contributed by atoms with van der Waals surface area (Å²) in [6.07, 6.45) is 3.07. The number of amides is 3. The maximum Gasteiger partial charge on any atom is 0.292 e. The first kappa shape index (κ1) is 19.4. The third-order valence-electron chi connectivity index (χ3n) is 5.30. The van der Waals surface area contributed by atoms with Crippen molar-refractivity contribution in [3.63, 3.8) is 0 Å². The van der Waals surface area contributed by atoms with Gasteiger partial charge in [0.05, 0.1) is 11.6 Å². The van der Waals surface area contributed by atoms with Crippen molar-refractivity contribution in [2.75, 3.05) is 39.3 Å². The summed E-state index contributed by atoms with van der Waals surface area (Å²) in [7, 11) is 0. The lowest BCUT2D eigenvalue weighted by atomic mass is 9.95. The predicted molar refractivity (Wildman–Crippen MR) is 97.9 cm³/mol. The molecule has 0 aromatic carbocycles. The highest BCUT2D eigenvalue weighted by atomic mass is 16.5. The smallest absolute Gasteiger partial charge is 0.292 e. The fourth-order valence-corrected chi connectivity index (χ4v) is 3.79. The summed E-state index contributed by atoms with van der Waals surface area (Å²) in [4.78, 5) is 42.8. The molecule has 1 atom stereocenters. The molecule has 0 saturated carbocycles. The normalized spacial score (nSPS) is 20.7. The maximum atomic E-state index is 12.9. The Kier molecular flexibility index (Phi) is 6.13. The Balaban J connectivity index is 1.52. The van der Waals surface area contributed by atoms with Crippen molar-refractivity contribution in [1.29, 1.82) is 0 Å². The summed E-state index contributed by atoms with van der Waals surface area (Å²) >= 11 is 0. The van der Waals surface area contributed by atoms with E-state index < -0.39 is 0 Å². The van der Waals surface area contributed by atoms with Gasteiger partial charge in [0, 0.05) is 51.8 Å². The van der Waals surface area contributed by atoms with Crippen LogP contribution in [0, 0.1) is 12.8 Å². The topological polar surface area (TPSA) is 87.0 Å². The molecule has 3 heterocycles. The predicted octanol–water partition coefficient (Wildman–Crippen LogP) is 1.31. The van der Waals surface area contributed by atoms with Crippen LogP contribution in [-0.4, -0.2) is 76.8 Å². The summed E-state index contributed by atoms with van der Waals surface area (Å²) in [5.74, 6) is 0.180. The van der Waals surface area contributed by atoms with E-state index in [9.17, 15) is 14.4 Å². The van der Waals surface area contributed by atoms with Gasteiger partial charge in [0.15, 0.2) is 0 Å². The number of aryl methyl sites for hydroxylation is 1. The highest BCUT2D eigenvalue weighted by Crippen LogP contribution is 2.21. The first-order valence-electron chi connectivity index (χ1n) is 9.78. The number of carbonyl (C=O) groups is 3. The van der Waals surface area contributed by atoms with Gasteiger partial charge in [-0.2, -0.15) is 0 Å². The van der Waals surface area contributed by atoms with Gasteiger partial charge >= 0.3 is 0 Å². The van der Waals surface area contributed by atoms with E-state index in [0.717, 1.165) is 25.8 Å². The van der Waals surface area contributed by atoms with Crippen molar-refractivity contribution in [3.05, 3.63) is 17.5 Å². The van der Waals surface area contributed by atoms with Gasteiger partial charge in [-0.15, -0.1) is 0 Å². The Hall–Kier alpha value is -2.38. The molecule has 148 valence electrons. The molecule has 2 aliphatic rings. The first-order valence-corrected chi connectivity index (χ1v) is 9.78. The molecule has 2 fully saturated rings. The average Bonchev–Trinajstić information content (AvgIpc) is 3.13. The van der Waals surface area contributed by atoms with E-state index in [1.807, 2.05) is 16.7 Å². The molecule has 1 aromatic heterocycles. The molecule has 2 aliphatic heterocycles. The molecule has 0 spiro atoms. The molecule has 0 aliphatic carbocycles. The molecule has 2 saturated heterocycles. The van der Waals surface area contributed by atoms with Gasteiger partial charge in [0.25, 0.3) is 5.91 Å². The summed E-state index contributed by atoms with van der Waals surface area (Å²) in [6, 6.07) is 1.63. The van der Waals surface area contributed by atoms with Gasteiger partial charge < -0.3 is 19.2 Å². The summed E-state index contributed by atoms with van der Waals surface area (Å²) in [5, 5.41) is 3.75. The zero-order valence-corrected chi connectivity index (χ0v) is 16.1. The minimum absolute atomic E-state index is 0.103. The maximum absolute atomic E-state index is 12.9. The summed E-state index contributed by atoms with van der Waals surface area (Å²) in [5.41, 5.74) is 0.673. The molecular weight excluding hydrogens is 348 g/mol. The van der Waals surface area contributed by atoms with Crippen LogP contribution < -0.4 is 0 Å². The van der Waals surface area contributed by atoms with Crippen molar-refractivity contribution in [3.8, 4) is 0 Å². The van der Waals surface area contributed by atoms with Crippen molar-refractivity contribution >= 4 is 17.7 Å². The number of rotatable bonds is 4. The molecule has 8 nitrogen and oxygen atoms in total. The highest BCUT2D eigenvalue weighted by molar-refractivity contribution is 5.91. The van der Waals surface area contributed by atoms with Gasteiger partial charge in [0.2, 0.25) is 17.6 Å². The highest BCUT2D eigenvalue weighted by Gasteiger charge is 2.33. The second-order valence-electron chi connectivity index (χ2n) is 7.38. The van der Waals surface area contributed by atoms with Gasteiger partial charge in [-0.25, -0.2) is 0 Å². The zero-order chi connectivity index (χ0) is 19.4. The fourth-order valence-electron chi connectivity index (χ4n) is 3.79. The molecule has 1 aromatic rings.